The van der Waals surface area contributed by atoms with E-state index in [1.54, 1.807) is 6.07 Å². The van der Waals surface area contributed by atoms with Crippen LogP contribution >= 0.6 is 0 Å². The summed E-state index contributed by atoms with van der Waals surface area (Å²) in [5.74, 6) is -2.61. The van der Waals surface area contributed by atoms with Crippen LogP contribution in [0, 0.1) is 28.8 Å². The van der Waals surface area contributed by atoms with Crippen LogP contribution in [0.3, 0.4) is 0 Å². The third kappa shape index (κ3) is 2.25. The van der Waals surface area contributed by atoms with Crippen molar-refractivity contribution in [2.75, 3.05) is 7.11 Å². The summed E-state index contributed by atoms with van der Waals surface area (Å²) in [5.41, 5.74) is -0.512. The predicted molar refractivity (Wildman–Crippen MR) is 63.0 cm³/mol. The molecule has 0 N–H and O–H groups in total. The van der Waals surface area contributed by atoms with Gasteiger partial charge in [-0.2, -0.15) is 5.26 Å². The van der Waals surface area contributed by atoms with Crippen LogP contribution < -0.4 is 4.74 Å². The van der Waals surface area contributed by atoms with Crippen LogP contribution in [0.15, 0.2) is 30.3 Å². The lowest BCUT2D eigenvalue weighted by molar-refractivity contribution is 0.383. The van der Waals surface area contributed by atoms with Gasteiger partial charge in [-0.3, -0.25) is 0 Å². The van der Waals surface area contributed by atoms with Gasteiger partial charge >= 0.3 is 0 Å². The van der Waals surface area contributed by atoms with Gasteiger partial charge in [-0.15, -0.1) is 0 Å². The highest BCUT2D eigenvalue weighted by Crippen LogP contribution is 2.31. The Bertz CT molecular complexity index is 677. The fraction of sp³-hybridized carbons (Fsp3) is 0.0714. The minimum absolute atomic E-state index is 0.00144. The summed E-state index contributed by atoms with van der Waals surface area (Å²) >= 11 is 0. The van der Waals surface area contributed by atoms with Crippen molar-refractivity contribution in [3.05, 3.63) is 53.3 Å². The summed E-state index contributed by atoms with van der Waals surface area (Å²) in [6, 6.07) is 7.14. The van der Waals surface area contributed by atoms with Crippen LogP contribution in [-0.2, 0) is 0 Å². The second kappa shape index (κ2) is 5.02. The van der Waals surface area contributed by atoms with E-state index in [1.165, 1.54) is 19.2 Å². The largest absolute Gasteiger partial charge is 0.494 e. The zero-order chi connectivity index (χ0) is 14.0. The van der Waals surface area contributed by atoms with E-state index in [9.17, 15) is 13.2 Å². The van der Waals surface area contributed by atoms with E-state index in [1.807, 2.05) is 0 Å². The number of rotatable bonds is 2. The SMILES string of the molecule is COc1cc(F)c(-c2cccc(F)c2C#N)cc1F. The third-order valence-corrected chi connectivity index (χ3v) is 2.66. The predicted octanol–water partition coefficient (Wildman–Crippen LogP) is 3.65. The van der Waals surface area contributed by atoms with E-state index in [2.05, 4.69) is 4.74 Å². The zero-order valence-corrected chi connectivity index (χ0v) is 9.88. The van der Waals surface area contributed by atoms with Gasteiger partial charge in [0.25, 0.3) is 0 Å². The lowest BCUT2D eigenvalue weighted by atomic mass is 9.99. The van der Waals surface area contributed by atoms with Crippen molar-refractivity contribution in [1.29, 1.82) is 5.26 Å². The van der Waals surface area contributed by atoms with Gasteiger partial charge in [-0.1, -0.05) is 12.1 Å². The van der Waals surface area contributed by atoms with E-state index in [-0.39, 0.29) is 22.4 Å². The summed E-state index contributed by atoms with van der Waals surface area (Å²) in [6.07, 6.45) is 0. The third-order valence-electron chi connectivity index (χ3n) is 2.66. The first-order valence-electron chi connectivity index (χ1n) is 5.30. The normalized spacial score (nSPS) is 10.1. The zero-order valence-electron chi connectivity index (χ0n) is 9.88. The Balaban J connectivity index is 2.70. The van der Waals surface area contributed by atoms with E-state index in [4.69, 9.17) is 5.26 Å². The molecule has 0 saturated heterocycles. The van der Waals surface area contributed by atoms with Crippen molar-refractivity contribution in [3.8, 4) is 22.9 Å². The number of nitriles is 1. The topological polar surface area (TPSA) is 33.0 Å². The first kappa shape index (κ1) is 13.0. The van der Waals surface area contributed by atoms with Crippen molar-refractivity contribution in [2.45, 2.75) is 0 Å². The highest BCUT2D eigenvalue weighted by molar-refractivity contribution is 5.72. The first-order chi connectivity index (χ1) is 9.08. The second-order valence-corrected chi connectivity index (χ2v) is 3.74. The lowest BCUT2D eigenvalue weighted by Gasteiger charge is -2.09. The molecule has 2 aromatic rings. The molecule has 0 heterocycles. The van der Waals surface area contributed by atoms with Crippen LogP contribution in [0.2, 0.25) is 0 Å². The fourth-order valence-electron chi connectivity index (χ4n) is 1.75. The Labute approximate surface area is 107 Å². The van der Waals surface area contributed by atoms with Crippen molar-refractivity contribution in [1.82, 2.24) is 0 Å². The maximum absolute atomic E-state index is 13.9. The molecule has 2 rings (SSSR count). The van der Waals surface area contributed by atoms with Crippen LogP contribution in [0.1, 0.15) is 5.56 Å². The van der Waals surface area contributed by atoms with Crippen LogP contribution in [0.4, 0.5) is 13.2 Å². The quantitative estimate of drug-likeness (QED) is 0.828. The van der Waals surface area contributed by atoms with Gasteiger partial charge in [0.1, 0.15) is 17.7 Å². The highest BCUT2D eigenvalue weighted by Gasteiger charge is 2.16. The monoisotopic (exact) mass is 263 g/mol. The summed E-state index contributed by atoms with van der Waals surface area (Å²) in [7, 11) is 1.21. The average molecular weight is 263 g/mol. The molecule has 0 aliphatic rings. The van der Waals surface area contributed by atoms with Gasteiger partial charge in [-0.05, 0) is 12.1 Å². The molecule has 2 aromatic carbocycles. The molecule has 0 aliphatic heterocycles. The molecule has 19 heavy (non-hydrogen) atoms. The Morgan fingerprint density at radius 1 is 1.00 bits per heavy atom. The van der Waals surface area contributed by atoms with Gasteiger partial charge in [0, 0.05) is 17.2 Å². The van der Waals surface area contributed by atoms with Gasteiger partial charge < -0.3 is 4.74 Å². The molecule has 0 aromatic heterocycles. The number of halogens is 3. The molecule has 0 unspecified atom stereocenters. The molecular formula is C14H8F3NO. The number of hydrogen-bond acceptors (Lipinski definition) is 2. The Hall–Kier alpha value is -2.48. The first-order valence-corrected chi connectivity index (χ1v) is 5.30. The smallest absolute Gasteiger partial charge is 0.165 e. The molecule has 0 saturated carbocycles. The van der Waals surface area contributed by atoms with Crippen LogP contribution in [0.25, 0.3) is 11.1 Å². The summed E-state index contributed by atoms with van der Waals surface area (Å²) in [4.78, 5) is 0. The molecule has 0 atom stereocenters. The number of methoxy groups -OCH3 is 1. The van der Waals surface area contributed by atoms with E-state index in [0.29, 0.717) is 0 Å². The average Bonchev–Trinajstić information content (AvgIpc) is 2.40. The second-order valence-electron chi connectivity index (χ2n) is 3.74. The molecule has 96 valence electrons. The fourth-order valence-corrected chi connectivity index (χ4v) is 1.75. The number of hydrogen-bond donors (Lipinski definition) is 0. The summed E-state index contributed by atoms with van der Waals surface area (Å²) < 4.78 is 45.5. The van der Waals surface area contributed by atoms with Gasteiger partial charge in [0.05, 0.1) is 12.7 Å². The Morgan fingerprint density at radius 3 is 2.37 bits per heavy atom. The van der Waals surface area contributed by atoms with Crippen molar-refractivity contribution in [2.24, 2.45) is 0 Å². The number of benzene rings is 2. The van der Waals surface area contributed by atoms with Crippen molar-refractivity contribution in [3.63, 3.8) is 0 Å². The van der Waals surface area contributed by atoms with Crippen LogP contribution in [0.5, 0.6) is 5.75 Å². The molecule has 0 radical (unpaired) electrons. The van der Waals surface area contributed by atoms with Crippen molar-refractivity contribution >= 4 is 0 Å². The summed E-state index contributed by atoms with van der Waals surface area (Å²) in [6.45, 7) is 0. The Morgan fingerprint density at radius 2 is 1.74 bits per heavy atom. The molecule has 0 amide bonds. The molecule has 0 bridgehead atoms. The number of ether oxygens (including phenoxy) is 1. The molecule has 5 heteroatoms. The van der Waals surface area contributed by atoms with Crippen LogP contribution in [-0.4, -0.2) is 7.11 Å². The molecular weight excluding hydrogens is 255 g/mol. The van der Waals surface area contributed by atoms with E-state index in [0.717, 1.165) is 18.2 Å². The lowest BCUT2D eigenvalue weighted by Crippen LogP contribution is -1.95. The highest BCUT2D eigenvalue weighted by atomic mass is 19.1. The Kier molecular flexibility index (Phi) is 3.43. The van der Waals surface area contributed by atoms with Gasteiger partial charge in [-0.25, -0.2) is 13.2 Å². The minimum atomic E-state index is -0.791. The standard InChI is InChI=1S/C14H8F3NO/c1-19-14-6-12(16)9(5-13(14)17)8-3-2-4-11(15)10(8)7-18/h2-6H,1H3. The van der Waals surface area contributed by atoms with E-state index < -0.39 is 17.5 Å². The minimum Gasteiger partial charge on any atom is -0.494 e. The molecule has 2 nitrogen and oxygen atoms in total. The summed E-state index contributed by atoms with van der Waals surface area (Å²) in [5, 5.41) is 8.89. The number of nitrogens with zero attached hydrogens (tertiary/aromatic N) is 1. The van der Waals surface area contributed by atoms with Gasteiger partial charge in [0.2, 0.25) is 0 Å². The van der Waals surface area contributed by atoms with Gasteiger partial charge in [0.15, 0.2) is 11.6 Å². The molecule has 0 aliphatic carbocycles. The maximum atomic E-state index is 13.9. The molecule has 0 spiro atoms. The maximum Gasteiger partial charge on any atom is 0.165 e. The molecule has 0 fully saturated rings. The van der Waals surface area contributed by atoms with E-state index >= 15 is 0 Å². The van der Waals surface area contributed by atoms with Crippen molar-refractivity contribution < 1.29 is 17.9 Å².